The molecule has 3 aromatic rings. The van der Waals surface area contributed by atoms with Crippen molar-refractivity contribution in [2.75, 3.05) is 14.2 Å². The number of hydrogen-bond acceptors (Lipinski definition) is 4. The zero-order valence-corrected chi connectivity index (χ0v) is 13.0. The van der Waals surface area contributed by atoms with E-state index in [9.17, 15) is 4.79 Å². The van der Waals surface area contributed by atoms with Crippen molar-refractivity contribution in [1.82, 2.24) is 5.32 Å². The second-order valence-corrected chi connectivity index (χ2v) is 5.05. The smallest absolute Gasteiger partial charge is 0.287 e. The van der Waals surface area contributed by atoms with Gasteiger partial charge in [0.1, 0.15) is 17.1 Å². The van der Waals surface area contributed by atoms with Gasteiger partial charge in [-0.3, -0.25) is 4.79 Å². The van der Waals surface area contributed by atoms with E-state index in [4.69, 9.17) is 13.9 Å². The summed E-state index contributed by atoms with van der Waals surface area (Å²) in [5.74, 6) is 1.53. The number of hydrogen-bond donors (Lipinski definition) is 1. The fraction of sp³-hybridized carbons (Fsp3) is 0.167. The Balaban J connectivity index is 1.69. The van der Waals surface area contributed by atoms with Gasteiger partial charge in [0.15, 0.2) is 5.76 Å². The van der Waals surface area contributed by atoms with Gasteiger partial charge in [0.25, 0.3) is 5.91 Å². The zero-order valence-electron chi connectivity index (χ0n) is 13.0. The van der Waals surface area contributed by atoms with Gasteiger partial charge in [0.2, 0.25) is 0 Å². The highest BCUT2D eigenvalue weighted by Crippen LogP contribution is 2.24. The average Bonchev–Trinajstić information content (AvgIpc) is 3.03. The molecule has 0 aliphatic heterocycles. The van der Waals surface area contributed by atoms with Crippen molar-refractivity contribution in [2.45, 2.75) is 6.54 Å². The van der Waals surface area contributed by atoms with Gasteiger partial charge in [-0.15, -0.1) is 0 Å². The molecule has 3 rings (SSSR count). The molecule has 1 aromatic heterocycles. The van der Waals surface area contributed by atoms with Crippen LogP contribution in [0.1, 0.15) is 16.1 Å². The standard InChI is InChI=1S/C18H17NO4/c1-21-14-5-3-12(4-6-14)11-19-18(20)17-10-13-9-15(22-2)7-8-16(13)23-17/h3-10H,11H2,1-2H3,(H,19,20). The maximum atomic E-state index is 12.2. The normalized spacial score (nSPS) is 10.5. The van der Waals surface area contributed by atoms with Crippen molar-refractivity contribution in [3.63, 3.8) is 0 Å². The summed E-state index contributed by atoms with van der Waals surface area (Å²) < 4.78 is 15.8. The fourth-order valence-corrected chi connectivity index (χ4v) is 2.27. The summed E-state index contributed by atoms with van der Waals surface area (Å²) in [5.41, 5.74) is 1.64. The number of benzene rings is 2. The number of methoxy groups -OCH3 is 2. The zero-order chi connectivity index (χ0) is 16.2. The topological polar surface area (TPSA) is 60.7 Å². The highest BCUT2D eigenvalue weighted by molar-refractivity contribution is 5.96. The molecule has 23 heavy (non-hydrogen) atoms. The molecule has 0 atom stereocenters. The van der Waals surface area contributed by atoms with E-state index in [1.165, 1.54) is 0 Å². The Morgan fingerprint density at radius 3 is 2.39 bits per heavy atom. The van der Waals surface area contributed by atoms with Gasteiger partial charge in [0, 0.05) is 11.9 Å². The monoisotopic (exact) mass is 311 g/mol. The molecule has 0 aliphatic carbocycles. The summed E-state index contributed by atoms with van der Waals surface area (Å²) in [4.78, 5) is 12.2. The predicted molar refractivity (Wildman–Crippen MR) is 86.9 cm³/mol. The van der Waals surface area contributed by atoms with Crippen LogP contribution in [0, 0.1) is 0 Å². The van der Waals surface area contributed by atoms with Crippen molar-refractivity contribution in [3.05, 3.63) is 59.9 Å². The third-order valence-corrected chi connectivity index (χ3v) is 3.56. The summed E-state index contributed by atoms with van der Waals surface area (Å²) in [6, 6.07) is 14.6. The molecule has 0 fully saturated rings. The quantitative estimate of drug-likeness (QED) is 0.784. The minimum absolute atomic E-state index is 0.254. The number of ether oxygens (including phenoxy) is 2. The van der Waals surface area contributed by atoms with Crippen LogP contribution in [0.15, 0.2) is 52.9 Å². The molecule has 5 nitrogen and oxygen atoms in total. The SMILES string of the molecule is COc1ccc(CNC(=O)c2cc3cc(OC)ccc3o2)cc1. The van der Waals surface area contributed by atoms with E-state index in [2.05, 4.69) is 5.32 Å². The molecule has 1 heterocycles. The number of amides is 1. The number of carbonyl (C=O) groups is 1. The summed E-state index contributed by atoms with van der Waals surface area (Å²) >= 11 is 0. The summed E-state index contributed by atoms with van der Waals surface area (Å²) in [5, 5.41) is 3.67. The molecular weight excluding hydrogens is 294 g/mol. The van der Waals surface area contributed by atoms with Gasteiger partial charge in [-0.05, 0) is 42.0 Å². The number of nitrogens with one attached hydrogen (secondary N) is 1. The van der Waals surface area contributed by atoms with Crippen LogP contribution in [0.2, 0.25) is 0 Å². The lowest BCUT2D eigenvalue weighted by molar-refractivity contribution is 0.0925. The third kappa shape index (κ3) is 3.29. The molecule has 0 aliphatic rings. The lowest BCUT2D eigenvalue weighted by Gasteiger charge is -2.04. The first-order valence-corrected chi connectivity index (χ1v) is 7.18. The molecule has 2 aromatic carbocycles. The van der Waals surface area contributed by atoms with Crippen molar-refractivity contribution >= 4 is 16.9 Å². The van der Waals surface area contributed by atoms with Gasteiger partial charge >= 0.3 is 0 Å². The van der Waals surface area contributed by atoms with E-state index in [-0.39, 0.29) is 11.7 Å². The molecule has 118 valence electrons. The minimum atomic E-state index is -0.254. The van der Waals surface area contributed by atoms with Gasteiger partial charge in [0.05, 0.1) is 14.2 Å². The van der Waals surface area contributed by atoms with Crippen LogP contribution in [0.3, 0.4) is 0 Å². The Hall–Kier alpha value is -2.95. The number of fused-ring (bicyclic) bond motifs is 1. The van der Waals surface area contributed by atoms with Crippen LogP contribution in [0.5, 0.6) is 11.5 Å². The van der Waals surface area contributed by atoms with E-state index in [0.29, 0.717) is 12.1 Å². The molecule has 5 heteroatoms. The van der Waals surface area contributed by atoms with Crippen molar-refractivity contribution in [1.29, 1.82) is 0 Å². The number of rotatable bonds is 5. The maximum Gasteiger partial charge on any atom is 0.287 e. The third-order valence-electron chi connectivity index (χ3n) is 3.56. The Morgan fingerprint density at radius 1 is 1.00 bits per heavy atom. The molecule has 1 amide bonds. The second kappa shape index (κ2) is 6.44. The lowest BCUT2D eigenvalue weighted by Crippen LogP contribution is -2.22. The van der Waals surface area contributed by atoms with Crippen molar-refractivity contribution in [3.8, 4) is 11.5 Å². The van der Waals surface area contributed by atoms with Crippen LogP contribution in [-0.4, -0.2) is 20.1 Å². The van der Waals surface area contributed by atoms with E-state index >= 15 is 0 Å². The minimum Gasteiger partial charge on any atom is -0.497 e. The van der Waals surface area contributed by atoms with Crippen molar-refractivity contribution in [2.24, 2.45) is 0 Å². The molecule has 0 saturated carbocycles. The van der Waals surface area contributed by atoms with E-state index in [0.717, 1.165) is 22.4 Å². The average molecular weight is 311 g/mol. The summed E-state index contributed by atoms with van der Waals surface area (Å²) in [6.45, 7) is 0.420. The van der Waals surface area contributed by atoms with Gasteiger partial charge in [-0.2, -0.15) is 0 Å². The first-order chi connectivity index (χ1) is 11.2. The highest BCUT2D eigenvalue weighted by atomic mass is 16.5. The molecule has 0 bridgehead atoms. The van der Waals surface area contributed by atoms with E-state index < -0.39 is 0 Å². The largest absolute Gasteiger partial charge is 0.497 e. The van der Waals surface area contributed by atoms with Crippen LogP contribution in [-0.2, 0) is 6.54 Å². The number of carbonyl (C=O) groups excluding carboxylic acids is 1. The maximum absolute atomic E-state index is 12.2. The molecule has 0 saturated heterocycles. The first-order valence-electron chi connectivity index (χ1n) is 7.18. The highest BCUT2D eigenvalue weighted by Gasteiger charge is 2.12. The molecule has 0 unspecified atom stereocenters. The Morgan fingerprint density at radius 2 is 1.70 bits per heavy atom. The summed E-state index contributed by atoms with van der Waals surface area (Å²) in [6.07, 6.45) is 0. The number of furan rings is 1. The van der Waals surface area contributed by atoms with Crippen LogP contribution in [0.25, 0.3) is 11.0 Å². The van der Waals surface area contributed by atoms with Gasteiger partial charge in [-0.25, -0.2) is 0 Å². The Labute approximate surface area is 133 Å². The fourth-order valence-electron chi connectivity index (χ4n) is 2.27. The van der Waals surface area contributed by atoms with Gasteiger partial charge < -0.3 is 19.2 Å². The van der Waals surface area contributed by atoms with E-state index in [1.54, 1.807) is 32.4 Å². The second-order valence-electron chi connectivity index (χ2n) is 5.05. The first kappa shape index (κ1) is 15.0. The van der Waals surface area contributed by atoms with Crippen LogP contribution < -0.4 is 14.8 Å². The summed E-state index contributed by atoms with van der Waals surface area (Å²) in [7, 11) is 3.22. The van der Waals surface area contributed by atoms with Crippen LogP contribution in [0.4, 0.5) is 0 Å². The van der Waals surface area contributed by atoms with Crippen LogP contribution >= 0.6 is 0 Å². The molecule has 0 radical (unpaired) electrons. The lowest BCUT2D eigenvalue weighted by atomic mass is 10.2. The molecule has 1 N–H and O–H groups in total. The molecular formula is C18H17NO4. The van der Waals surface area contributed by atoms with E-state index in [1.807, 2.05) is 30.3 Å². The Bertz CT molecular complexity index is 821. The predicted octanol–water partition coefficient (Wildman–Crippen LogP) is 3.38. The molecule has 0 spiro atoms. The van der Waals surface area contributed by atoms with Crippen molar-refractivity contribution < 1.29 is 18.7 Å². The van der Waals surface area contributed by atoms with Gasteiger partial charge in [-0.1, -0.05) is 12.1 Å². The Kier molecular flexibility index (Phi) is 4.19.